The average Bonchev–Trinajstić information content (AvgIpc) is 2.98. The van der Waals surface area contributed by atoms with Crippen molar-refractivity contribution in [2.75, 3.05) is 45.9 Å². The van der Waals surface area contributed by atoms with Crippen LogP contribution in [0, 0.1) is 5.92 Å². The summed E-state index contributed by atoms with van der Waals surface area (Å²) in [6.07, 6.45) is 6.68. The lowest BCUT2D eigenvalue weighted by molar-refractivity contribution is 0.00981. The van der Waals surface area contributed by atoms with Crippen LogP contribution in [0.4, 0.5) is 0 Å². The van der Waals surface area contributed by atoms with Gasteiger partial charge in [0.05, 0.1) is 13.2 Å². The van der Waals surface area contributed by atoms with Gasteiger partial charge in [-0.2, -0.15) is 0 Å². The lowest BCUT2D eigenvalue weighted by Gasteiger charge is -2.46. The highest BCUT2D eigenvalue weighted by molar-refractivity contribution is 5.00. The molecular weight excluding hydrogens is 250 g/mol. The number of rotatable bonds is 3. The molecule has 3 aliphatic rings. The fraction of sp³-hybridized carbons (Fsp3) is 1.00. The summed E-state index contributed by atoms with van der Waals surface area (Å²) < 4.78 is 5.48. The van der Waals surface area contributed by atoms with Gasteiger partial charge in [-0.05, 0) is 25.2 Å². The van der Waals surface area contributed by atoms with Gasteiger partial charge in [-0.3, -0.25) is 9.80 Å². The summed E-state index contributed by atoms with van der Waals surface area (Å²) in [5, 5.41) is 0. The molecule has 2 aliphatic heterocycles. The molecule has 4 heteroatoms. The van der Waals surface area contributed by atoms with E-state index in [1.54, 1.807) is 0 Å². The first kappa shape index (κ1) is 14.8. The van der Waals surface area contributed by atoms with Crippen LogP contribution in [0.3, 0.4) is 0 Å². The van der Waals surface area contributed by atoms with Crippen LogP contribution >= 0.6 is 0 Å². The molecule has 0 aromatic carbocycles. The molecule has 4 nitrogen and oxygen atoms in total. The zero-order valence-corrected chi connectivity index (χ0v) is 13.0. The number of likely N-dealkylation sites (tertiary alicyclic amines) is 1. The van der Waals surface area contributed by atoms with Crippen LogP contribution in [-0.2, 0) is 4.74 Å². The van der Waals surface area contributed by atoms with Gasteiger partial charge in [0.2, 0.25) is 0 Å². The summed E-state index contributed by atoms with van der Waals surface area (Å²) in [7, 11) is 0. The molecule has 1 aliphatic carbocycles. The Morgan fingerprint density at radius 3 is 2.70 bits per heavy atom. The Morgan fingerprint density at radius 2 is 2.00 bits per heavy atom. The van der Waals surface area contributed by atoms with Crippen LogP contribution in [0.15, 0.2) is 0 Å². The van der Waals surface area contributed by atoms with Crippen LogP contribution in [0.1, 0.15) is 39.0 Å². The van der Waals surface area contributed by atoms with Crippen LogP contribution < -0.4 is 5.73 Å². The molecule has 1 saturated carbocycles. The fourth-order valence-electron chi connectivity index (χ4n) is 4.65. The molecule has 0 aromatic rings. The lowest BCUT2D eigenvalue weighted by atomic mass is 9.75. The summed E-state index contributed by atoms with van der Waals surface area (Å²) in [5.41, 5.74) is 6.53. The molecule has 0 radical (unpaired) electrons. The molecule has 3 rings (SSSR count). The third kappa shape index (κ3) is 2.89. The van der Waals surface area contributed by atoms with Gasteiger partial charge in [0, 0.05) is 44.3 Å². The van der Waals surface area contributed by atoms with Crippen LogP contribution in [0.2, 0.25) is 0 Å². The lowest BCUT2D eigenvalue weighted by Crippen LogP contribution is -2.56. The van der Waals surface area contributed by atoms with Gasteiger partial charge < -0.3 is 10.5 Å². The summed E-state index contributed by atoms with van der Waals surface area (Å²) in [4.78, 5) is 5.38. The van der Waals surface area contributed by atoms with Gasteiger partial charge in [-0.25, -0.2) is 0 Å². The maximum Gasteiger partial charge on any atom is 0.0594 e. The number of hydrogen-bond acceptors (Lipinski definition) is 4. The van der Waals surface area contributed by atoms with Gasteiger partial charge in [0.1, 0.15) is 0 Å². The monoisotopic (exact) mass is 281 g/mol. The number of nitrogens with zero attached hydrogens (tertiary/aromatic N) is 2. The second-order valence-electron chi connectivity index (χ2n) is 7.17. The zero-order valence-electron chi connectivity index (χ0n) is 13.0. The van der Waals surface area contributed by atoms with Crippen molar-refractivity contribution in [3.63, 3.8) is 0 Å². The molecular formula is C16H31N3O. The van der Waals surface area contributed by atoms with E-state index in [-0.39, 0.29) is 0 Å². The van der Waals surface area contributed by atoms with Gasteiger partial charge in [0.15, 0.2) is 0 Å². The van der Waals surface area contributed by atoms with Gasteiger partial charge >= 0.3 is 0 Å². The minimum absolute atomic E-state index is 0.304. The predicted molar refractivity (Wildman–Crippen MR) is 81.8 cm³/mol. The first-order chi connectivity index (χ1) is 9.73. The topological polar surface area (TPSA) is 41.7 Å². The van der Waals surface area contributed by atoms with Crippen molar-refractivity contribution in [3.8, 4) is 0 Å². The third-order valence-electron chi connectivity index (χ3n) is 5.84. The third-order valence-corrected chi connectivity index (χ3v) is 5.84. The van der Waals surface area contributed by atoms with Crippen molar-refractivity contribution in [1.29, 1.82) is 0 Å². The van der Waals surface area contributed by atoms with E-state index in [1.807, 2.05) is 0 Å². The SMILES string of the molecule is CC1CCCC(CN)(N2CCC(N3CCOCC3)C2)C1. The number of hydrogen-bond donors (Lipinski definition) is 1. The second-order valence-corrected chi connectivity index (χ2v) is 7.17. The van der Waals surface area contributed by atoms with Crippen LogP contribution in [-0.4, -0.2) is 67.3 Å². The molecule has 116 valence electrons. The van der Waals surface area contributed by atoms with Crippen molar-refractivity contribution in [2.45, 2.75) is 50.6 Å². The van der Waals surface area contributed by atoms with E-state index in [0.717, 1.165) is 44.8 Å². The van der Waals surface area contributed by atoms with E-state index in [4.69, 9.17) is 10.5 Å². The van der Waals surface area contributed by atoms with Crippen molar-refractivity contribution in [2.24, 2.45) is 11.7 Å². The quantitative estimate of drug-likeness (QED) is 0.847. The van der Waals surface area contributed by atoms with Crippen molar-refractivity contribution >= 4 is 0 Å². The smallest absolute Gasteiger partial charge is 0.0594 e. The number of morpholine rings is 1. The molecule has 0 spiro atoms. The van der Waals surface area contributed by atoms with E-state index < -0.39 is 0 Å². The molecule has 2 heterocycles. The largest absolute Gasteiger partial charge is 0.379 e. The highest BCUT2D eigenvalue weighted by atomic mass is 16.5. The Morgan fingerprint density at radius 1 is 1.20 bits per heavy atom. The van der Waals surface area contributed by atoms with E-state index >= 15 is 0 Å². The molecule has 0 aromatic heterocycles. The van der Waals surface area contributed by atoms with E-state index in [1.165, 1.54) is 45.2 Å². The van der Waals surface area contributed by atoms with Gasteiger partial charge in [-0.1, -0.05) is 19.8 Å². The molecule has 3 atom stereocenters. The first-order valence-electron chi connectivity index (χ1n) is 8.50. The van der Waals surface area contributed by atoms with Gasteiger partial charge in [-0.15, -0.1) is 0 Å². The van der Waals surface area contributed by atoms with E-state index in [9.17, 15) is 0 Å². The van der Waals surface area contributed by atoms with Crippen LogP contribution in [0.25, 0.3) is 0 Å². The average molecular weight is 281 g/mol. The van der Waals surface area contributed by atoms with Gasteiger partial charge in [0.25, 0.3) is 0 Å². The van der Waals surface area contributed by atoms with E-state index in [0.29, 0.717) is 5.54 Å². The summed E-state index contributed by atoms with van der Waals surface area (Å²) in [5.74, 6) is 0.842. The first-order valence-corrected chi connectivity index (χ1v) is 8.50. The number of ether oxygens (including phenoxy) is 1. The summed E-state index contributed by atoms with van der Waals surface area (Å²) in [6, 6.07) is 0.736. The normalized spacial score (nSPS) is 41.1. The Hall–Kier alpha value is -0.160. The Labute approximate surface area is 123 Å². The molecule has 0 bridgehead atoms. The van der Waals surface area contributed by atoms with Crippen molar-refractivity contribution < 1.29 is 4.74 Å². The Bertz CT molecular complexity index is 319. The van der Waals surface area contributed by atoms with E-state index in [2.05, 4.69) is 16.7 Å². The minimum atomic E-state index is 0.304. The van der Waals surface area contributed by atoms with Crippen molar-refractivity contribution in [1.82, 2.24) is 9.80 Å². The highest BCUT2D eigenvalue weighted by Crippen LogP contribution is 2.38. The molecule has 3 fully saturated rings. The Balaban J connectivity index is 1.62. The second kappa shape index (κ2) is 6.30. The standard InChI is InChI=1S/C16H31N3O/c1-14-3-2-5-16(11-14,13-17)19-6-4-15(12-19)18-7-9-20-10-8-18/h14-15H,2-13,17H2,1H3. The zero-order chi connectivity index (χ0) is 14.0. The highest BCUT2D eigenvalue weighted by Gasteiger charge is 2.43. The molecule has 3 unspecified atom stereocenters. The summed E-state index contributed by atoms with van der Waals surface area (Å²) >= 11 is 0. The summed E-state index contributed by atoms with van der Waals surface area (Å²) in [6.45, 7) is 9.77. The molecule has 0 amide bonds. The predicted octanol–water partition coefficient (Wildman–Crippen LogP) is 1.30. The maximum absolute atomic E-state index is 6.23. The minimum Gasteiger partial charge on any atom is -0.379 e. The molecule has 2 N–H and O–H groups in total. The fourth-order valence-corrected chi connectivity index (χ4v) is 4.65. The molecule has 20 heavy (non-hydrogen) atoms. The maximum atomic E-state index is 6.23. The Kier molecular flexibility index (Phi) is 4.65. The number of nitrogens with two attached hydrogens (primary N) is 1. The van der Waals surface area contributed by atoms with Crippen LogP contribution in [0.5, 0.6) is 0 Å². The van der Waals surface area contributed by atoms with Crippen molar-refractivity contribution in [3.05, 3.63) is 0 Å². The molecule has 2 saturated heterocycles.